The van der Waals surface area contributed by atoms with E-state index in [4.69, 9.17) is 4.74 Å². The normalized spacial score (nSPS) is 13.1. The summed E-state index contributed by atoms with van der Waals surface area (Å²) >= 11 is 0. The van der Waals surface area contributed by atoms with Gasteiger partial charge in [-0.3, -0.25) is 4.98 Å². The number of ether oxygens (including phenoxy) is 1. The van der Waals surface area contributed by atoms with Gasteiger partial charge in [0.1, 0.15) is 18.2 Å². The third-order valence-electron chi connectivity index (χ3n) is 6.39. The summed E-state index contributed by atoms with van der Waals surface area (Å²) in [6, 6.07) is 23.6. The fourth-order valence-corrected chi connectivity index (χ4v) is 4.39. The highest BCUT2D eigenvalue weighted by Gasteiger charge is 2.13. The van der Waals surface area contributed by atoms with E-state index in [1.165, 1.54) is 6.07 Å². The average molecular weight is 512 g/mol. The molecule has 3 N–H and O–H groups in total. The van der Waals surface area contributed by atoms with Crippen LogP contribution in [0.3, 0.4) is 0 Å². The van der Waals surface area contributed by atoms with Gasteiger partial charge in [0.25, 0.3) is 0 Å². The Morgan fingerprint density at radius 2 is 1.84 bits per heavy atom. The highest BCUT2D eigenvalue weighted by Crippen LogP contribution is 2.30. The Morgan fingerprint density at radius 3 is 2.63 bits per heavy atom. The lowest BCUT2D eigenvalue weighted by Gasteiger charge is -2.29. The zero-order chi connectivity index (χ0) is 26.2. The van der Waals surface area contributed by atoms with Crippen molar-refractivity contribution in [2.24, 2.45) is 0 Å². The average Bonchev–Trinajstić information content (AvgIpc) is 2.97. The van der Waals surface area contributed by atoms with Crippen LogP contribution in [-0.2, 0) is 13.2 Å². The third-order valence-corrected chi connectivity index (χ3v) is 6.39. The molecule has 194 valence electrons. The number of amides is 2. The van der Waals surface area contributed by atoms with E-state index in [9.17, 15) is 9.18 Å². The number of piperazine rings is 1. The molecular weight excluding hydrogens is 481 g/mol. The number of hydrogen-bond donors (Lipinski definition) is 3. The van der Waals surface area contributed by atoms with Crippen LogP contribution in [0.25, 0.3) is 11.1 Å². The second kappa shape index (κ2) is 12.2. The smallest absolute Gasteiger partial charge is 0.319 e. The molecule has 0 spiro atoms. The van der Waals surface area contributed by atoms with Crippen molar-refractivity contribution in [3.05, 3.63) is 108 Å². The van der Waals surface area contributed by atoms with E-state index >= 15 is 0 Å². The first-order chi connectivity index (χ1) is 18.6. The van der Waals surface area contributed by atoms with Gasteiger partial charge in [0.05, 0.1) is 0 Å². The molecule has 3 aromatic carbocycles. The second-order valence-electron chi connectivity index (χ2n) is 9.07. The number of aromatic nitrogens is 1. The van der Waals surface area contributed by atoms with Crippen LogP contribution >= 0.6 is 0 Å². The summed E-state index contributed by atoms with van der Waals surface area (Å²) < 4.78 is 20.3. The predicted octanol–water partition coefficient (Wildman–Crippen LogP) is 5.20. The van der Waals surface area contributed by atoms with Gasteiger partial charge in [0.2, 0.25) is 0 Å². The van der Waals surface area contributed by atoms with Crippen molar-refractivity contribution in [1.29, 1.82) is 0 Å². The van der Waals surface area contributed by atoms with Crippen molar-refractivity contribution in [2.45, 2.75) is 13.2 Å². The van der Waals surface area contributed by atoms with Gasteiger partial charge in [-0.05, 0) is 76.9 Å². The van der Waals surface area contributed by atoms with Gasteiger partial charge in [-0.2, -0.15) is 0 Å². The van der Waals surface area contributed by atoms with E-state index in [1.807, 2.05) is 24.3 Å². The second-order valence-corrected chi connectivity index (χ2v) is 9.07. The molecule has 1 aliphatic heterocycles. The minimum atomic E-state index is -0.304. The number of nitrogens with zero attached hydrogens (tertiary/aromatic N) is 2. The van der Waals surface area contributed by atoms with Gasteiger partial charge in [-0.25, -0.2) is 9.18 Å². The van der Waals surface area contributed by atoms with E-state index in [1.54, 1.807) is 48.8 Å². The summed E-state index contributed by atoms with van der Waals surface area (Å²) in [7, 11) is 0. The molecule has 0 saturated carbocycles. The van der Waals surface area contributed by atoms with Crippen LogP contribution in [0.4, 0.5) is 20.6 Å². The molecule has 1 fully saturated rings. The van der Waals surface area contributed by atoms with Gasteiger partial charge in [0, 0.05) is 56.5 Å². The molecule has 0 bridgehead atoms. The Morgan fingerprint density at radius 1 is 1.00 bits per heavy atom. The maximum atomic E-state index is 14.2. The standard InChI is InChI=1S/C30H30FN5O2/c31-25-7-6-24(29(18-25)23-4-1-5-27(17-23)36-15-13-32-14-16-36)21-38-28-10-8-26(9-11-28)35-30(37)34-20-22-3-2-12-33-19-22/h1-12,17-19,32H,13-16,20-21H2,(H2,34,35,37). The lowest BCUT2D eigenvalue weighted by Crippen LogP contribution is -2.43. The highest BCUT2D eigenvalue weighted by atomic mass is 19.1. The van der Waals surface area contributed by atoms with Crippen molar-refractivity contribution in [2.75, 3.05) is 36.4 Å². The molecule has 5 rings (SSSR count). The van der Waals surface area contributed by atoms with E-state index in [-0.39, 0.29) is 18.5 Å². The van der Waals surface area contributed by atoms with Crippen LogP contribution in [0, 0.1) is 5.82 Å². The van der Waals surface area contributed by atoms with Gasteiger partial charge in [-0.15, -0.1) is 0 Å². The number of nitrogens with one attached hydrogen (secondary N) is 3. The number of carbonyl (C=O) groups excluding carboxylic acids is 1. The fraction of sp³-hybridized carbons (Fsp3) is 0.200. The fourth-order valence-electron chi connectivity index (χ4n) is 4.39. The summed E-state index contributed by atoms with van der Waals surface area (Å²) in [5.41, 5.74) is 5.35. The summed E-state index contributed by atoms with van der Waals surface area (Å²) in [5, 5.41) is 8.98. The van der Waals surface area contributed by atoms with Crippen molar-refractivity contribution >= 4 is 17.4 Å². The number of hydrogen-bond acceptors (Lipinski definition) is 5. The minimum Gasteiger partial charge on any atom is -0.489 e. The van der Waals surface area contributed by atoms with Crippen molar-refractivity contribution in [3.63, 3.8) is 0 Å². The highest BCUT2D eigenvalue weighted by molar-refractivity contribution is 5.89. The van der Waals surface area contributed by atoms with Gasteiger partial charge in [-0.1, -0.05) is 24.3 Å². The van der Waals surface area contributed by atoms with E-state index in [0.717, 1.165) is 54.1 Å². The van der Waals surface area contributed by atoms with E-state index in [2.05, 4.69) is 38.0 Å². The Balaban J connectivity index is 1.21. The molecule has 1 saturated heterocycles. The molecule has 1 aromatic heterocycles. The number of pyridine rings is 1. The number of benzene rings is 3. The molecule has 38 heavy (non-hydrogen) atoms. The molecule has 0 atom stereocenters. The van der Waals surface area contributed by atoms with E-state index < -0.39 is 0 Å². The molecule has 2 heterocycles. The van der Waals surface area contributed by atoms with Crippen LogP contribution in [0.5, 0.6) is 5.75 Å². The van der Waals surface area contributed by atoms with Crippen molar-refractivity contribution in [3.8, 4) is 16.9 Å². The summed E-state index contributed by atoms with van der Waals surface area (Å²) in [6.45, 7) is 4.46. The van der Waals surface area contributed by atoms with Crippen LogP contribution in [0.2, 0.25) is 0 Å². The van der Waals surface area contributed by atoms with Crippen LogP contribution < -0.4 is 25.6 Å². The molecule has 4 aromatic rings. The molecule has 8 heteroatoms. The monoisotopic (exact) mass is 511 g/mol. The first-order valence-corrected chi connectivity index (χ1v) is 12.7. The number of anilines is 2. The SMILES string of the molecule is O=C(NCc1cccnc1)Nc1ccc(OCc2ccc(F)cc2-c2cccc(N3CCNCC3)c2)cc1. The number of halogens is 1. The lowest BCUT2D eigenvalue weighted by molar-refractivity contribution is 0.251. The molecule has 0 radical (unpaired) electrons. The predicted molar refractivity (Wildman–Crippen MR) is 148 cm³/mol. The van der Waals surface area contributed by atoms with Gasteiger partial charge >= 0.3 is 6.03 Å². The maximum Gasteiger partial charge on any atom is 0.319 e. The molecule has 1 aliphatic rings. The van der Waals surface area contributed by atoms with Crippen LogP contribution in [-0.4, -0.2) is 37.2 Å². The zero-order valence-corrected chi connectivity index (χ0v) is 21.0. The van der Waals surface area contributed by atoms with Crippen LogP contribution in [0.1, 0.15) is 11.1 Å². The lowest BCUT2D eigenvalue weighted by atomic mass is 9.99. The Labute approximate surface area is 221 Å². The largest absolute Gasteiger partial charge is 0.489 e. The van der Waals surface area contributed by atoms with Crippen molar-refractivity contribution < 1.29 is 13.9 Å². The Kier molecular flexibility index (Phi) is 8.10. The van der Waals surface area contributed by atoms with Gasteiger partial charge < -0.3 is 25.6 Å². The quantitative estimate of drug-likeness (QED) is 0.303. The number of rotatable bonds is 8. The van der Waals surface area contributed by atoms with Gasteiger partial charge in [0.15, 0.2) is 0 Å². The first-order valence-electron chi connectivity index (χ1n) is 12.7. The number of urea groups is 1. The summed E-state index contributed by atoms with van der Waals surface area (Å²) in [6.07, 6.45) is 3.40. The molecule has 2 amide bonds. The summed E-state index contributed by atoms with van der Waals surface area (Å²) in [4.78, 5) is 18.6. The Hall–Kier alpha value is -4.43. The molecular formula is C30H30FN5O2. The molecule has 0 aliphatic carbocycles. The molecule has 7 nitrogen and oxygen atoms in total. The Bertz CT molecular complexity index is 1360. The minimum absolute atomic E-state index is 0.284. The molecule has 0 unspecified atom stereocenters. The van der Waals surface area contributed by atoms with Crippen LogP contribution in [0.15, 0.2) is 91.3 Å². The summed E-state index contributed by atoms with van der Waals surface area (Å²) in [5.74, 6) is 0.365. The zero-order valence-electron chi connectivity index (χ0n) is 21.0. The maximum absolute atomic E-state index is 14.2. The van der Waals surface area contributed by atoms with Crippen molar-refractivity contribution in [1.82, 2.24) is 15.6 Å². The first kappa shape index (κ1) is 25.2. The van der Waals surface area contributed by atoms with E-state index in [0.29, 0.717) is 18.0 Å². The third kappa shape index (κ3) is 6.66. The number of carbonyl (C=O) groups is 1. The topological polar surface area (TPSA) is 78.5 Å².